The van der Waals surface area contributed by atoms with E-state index in [-0.39, 0.29) is 0 Å². The number of hydrogen-bond donors (Lipinski definition) is 2. The van der Waals surface area contributed by atoms with E-state index >= 15 is 0 Å². The third-order valence-corrected chi connectivity index (χ3v) is 2.29. The zero-order valence-corrected chi connectivity index (χ0v) is 9.29. The Morgan fingerprint density at radius 1 is 1.56 bits per heavy atom. The number of aromatic carboxylic acids is 1. The number of benzene rings is 1. The smallest absolute Gasteiger partial charge is 0.335 e. The molecule has 0 aliphatic rings. The zero-order chi connectivity index (χ0) is 12.0. The van der Waals surface area contributed by atoms with Gasteiger partial charge in [0.2, 0.25) is 0 Å². The summed E-state index contributed by atoms with van der Waals surface area (Å²) in [6.45, 7) is 2.69. The van der Waals surface area contributed by atoms with Crippen LogP contribution in [0.25, 0.3) is 0 Å². The number of terminal acetylenes is 1. The van der Waals surface area contributed by atoms with E-state index in [0.29, 0.717) is 5.56 Å². The third kappa shape index (κ3) is 3.32. The number of anilines is 1. The van der Waals surface area contributed by atoms with Crippen LogP contribution in [0.3, 0.4) is 0 Å². The molecule has 3 heteroatoms. The maximum absolute atomic E-state index is 10.7. The topological polar surface area (TPSA) is 49.3 Å². The highest BCUT2D eigenvalue weighted by Crippen LogP contribution is 2.16. The van der Waals surface area contributed by atoms with E-state index in [2.05, 4.69) is 11.2 Å². The van der Waals surface area contributed by atoms with Crippen LogP contribution in [-0.2, 0) is 0 Å². The summed E-state index contributed by atoms with van der Waals surface area (Å²) in [4.78, 5) is 10.7. The summed E-state index contributed by atoms with van der Waals surface area (Å²) in [6.07, 6.45) is 6.81. The molecule has 1 rings (SSSR count). The highest BCUT2D eigenvalue weighted by atomic mass is 16.4. The minimum Gasteiger partial charge on any atom is -0.478 e. The van der Waals surface area contributed by atoms with Gasteiger partial charge in [0.25, 0.3) is 0 Å². The predicted molar refractivity (Wildman–Crippen MR) is 64.7 cm³/mol. The SMILES string of the molecule is C#CCCCNc1ccc(C(=O)O)cc1C. The molecule has 0 fully saturated rings. The van der Waals surface area contributed by atoms with Gasteiger partial charge >= 0.3 is 5.97 Å². The molecule has 0 saturated heterocycles. The fraction of sp³-hybridized carbons (Fsp3) is 0.308. The molecule has 0 heterocycles. The monoisotopic (exact) mass is 217 g/mol. The number of hydrogen-bond acceptors (Lipinski definition) is 2. The van der Waals surface area contributed by atoms with Crippen molar-refractivity contribution in [2.75, 3.05) is 11.9 Å². The molecule has 3 nitrogen and oxygen atoms in total. The molecule has 1 aromatic carbocycles. The normalized spacial score (nSPS) is 9.50. The van der Waals surface area contributed by atoms with E-state index in [1.807, 2.05) is 6.92 Å². The minimum atomic E-state index is -0.901. The van der Waals surface area contributed by atoms with Gasteiger partial charge in [-0.25, -0.2) is 4.79 Å². The molecule has 0 bridgehead atoms. The van der Waals surface area contributed by atoms with E-state index in [4.69, 9.17) is 11.5 Å². The molecular formula is C13H15NO2. The van der Waals surface area contributed by atoms with Gasteiger partial charge in [0.15, 0.2) is 0 Å². The molecule has 0 atom stereocenters. The molecule has 0 aromatic heterocycles. The van der Waals surface area contributed by atoms with Crippen molar-refractivity contribution >= 4 is 11.7 Å². The molecule has 1 aromatic rings. The van der Waals surface area contributed by atoms with Gasteiger partial charge in [-0.15, -0.1) is 12.3 Å². The first kappa shape index (κ1) is 12.1. The van der Waals surface area contributed by atoms with Crippen LogP contribution in [0.5, 0.6) is 0 Å². The van der Waals surface area contributed by atoms with E-state index in [1.54, 1.807) is 18.2 Å². The van der Waals surface area contributed by atoms with Crippen molar-refractivity contribution in [2.45, 2.75) is 19.8 Å². The van der Waals surface area contributed by atoms with Gasteiger partial charge in [0.1, 0.15) is 0 Å². The Bertz CT molecular complexity index is 418. The maximum atomic E-state index is 10.7. The molecule has 0 amide bonds. The highest BCUT2D eigenvalue weighted by Gasteiger charge is 2.04. The fourth-order valence-electron chi connectivity index (χ4n) is 1.41. The van der Waals surface area contributed by atoms with E-state index < -0.39 is 5.97 Å². The Kier molecular flexibility index (Phi) is 4.41. The molecule has 0 unspecified atom stereocenters. The Morgan fingerprint density at radius 3 is 2.88 bits per heavy atom. The largest absolute Gasteiger partial charge is 0.478 e. The number of carboxylic acids is 1. The summed E-state index contributed by atoms with van der Waals surface area (Å²) in [6, 6.07) is 5.04. The number of carbonyl (C=O) groups is 1. The lowest BCUT2D eigenvalue weighted by atomic mass is 10.1. The molecule has 84 valence electrons. The number of unbranched alkanes of at least 4 members (excludes halogenated alkanes) is 1. The highest BCUT2D eigenvalue weighted by molar-refractivity contribution is 5.88. The van der Waals surface area contributed by atoms with Crippen LogP contribution in [0.2, 0.25) is 0 Å². The molecule has 0 aliphatic heterocycles. The third-order valence-electron chi connectivity index (χ3n) is 2.29. The van der Waals surface area contributed by atoms with Crippen molar-refractivity contribution < 1.29 is 9.90 Å². The van der Waals surface area contributed by atoms with Crippen LogP contribution in [-0.4, -0.2) is 17.6 Å². The predicted octanol–water partition coefficient (Wildman–Crippen LogP) is 2.52. The van der Waals surface area contributed by atoms with Crippen molar-refractivity contribution in [3.63, 3.8) is 0 Å². The van der Waals surface area contributed by atoms with E-state index in [9.17, 15) is 4.79 Å². The number of aryl methyl sites for hydroxylation is 1. The molecule has 16 heavy (non-hydrogen) atoms. The second-order valence-electron chi connectivity index (χ2n) is 3.57. The Balaban J connectivity index is 2.62. The summed E-state index contributed by atoms with van der Waals surface area (Å²) in [5, 5.41) is 12.0. The second-order valence-corrected chi connectivity index (χ2v) is 3.57. The van der Waals surface area contributed by atoms with E-state index in [1.165, 1.54) is 0 Å². The van der Waals surface area contributed by atoms with Crippen molar-refractivity contribution in [2.24, 2.45) is 0 Å². The zero-order valence-electron chi connectivity index (χ0n) is 9.29. The minimum absolute atomic E-state index is 0.312. The van der Waals surface area contributed by atoms with Gasteiger partial charge < -0.3 is 10.4 Å². The summed E-state index contributed by atoms with van der Waals surface area (Å²) in [5.41, 5.74) is 2.20. The van der Waals surface area contributed by atoms with Crippen LogP contribution >= 0.6 is 0 Å². The summed E-state index contributed by atoms with van der Waals surface area (Å²) >= 11 is 0. The lowest BCUT2D eigenvalue weighted by molar-refractivity contribution is 0.0697. The quantitative estimate of drug-likeness (QED) is 0.588. The first-order valence-corrected chi connectivity index (χ1v) is 5.16. The van der Waals surface area contributed by atoms with Crippen molar-refractivity contribution in [3.8, 4) is 12.3 Å². The average Bonchev–Trinajstić information content (AvgIpc) is 2.26. The van der Waals surface area contributed by atoms with Crippen molar-refractivity contribution in [1.82, 2.24) is 0 Å². The van der Waals surface area contributed by atoms with Gasteiger partial charge in [-0.1, -0.05) is 0 Å². The standard InChI is InChI=1S/C13H15NO2/c1-3-4-5-8-14-12-7-6-11(13(15)16)9-10(12)2/h1,6-7,9,14H,4-5,8H2,2H3,(H,15,16). The fourth-order valence-corrected chi connectivity index (χ4v) is 1.41. The molecule has 0 spiro atoms. The van der Waals surface area contributed by atoms with Crippen LogP contribution in [0, 0.1) is 19.3 Å². The van der Waals surface area contributed by atoms with Gasteiger partial charge in [0.05, 0.1) is 5.56 Å². The molecule has 0 radical (unpaired) electrons. The number of carboxylic acid groups (broad SMARTS) is 1. The first-order valence-electron chi connectivity index (χ1n) is 5.16. The number of nitrogens with one attached hydrogen (secondary N) is 1. The van der Waals surface area contributed by atoms with Gasteiger partial charge in [-0.2, -0.15) is 0 Å². The maximum Gasteiger partial charge on any atom is 0.335 e. The summed E-state index contributed by atoms with van der Waals surface area (Å²) in [5.74, 6) is 1.67. The number of rotatable bonds is 5. The van der Waals surface area contributed by atoms with Gasteiger partial charge in [-0.05, 0) is 37.1 Å². The van der Waals surface area contributed by atoms with Crippen LogP contribution in [0.4, 0.5) is 5.69 Å². The summed E-state index contributed by atoms with van der Waals surface area (Å²) < 4.78 is 0. The molecular weight excluding hydrogens is 202 g/mol. The lowest BCUT2D eigenvalue weighted by Crippen LogP contribution is -2.04. The Hall–Kier alpha value is -1.95. The Labute approximate surface area is 95.5 Å². The average molecular weight is 217 g/mol. The van der Waals surface area contributed by atoms with Gasteiger partial charge in [-0.3, -0.25) is 0 Å². The second kappa shape index (κ2) is 5.82. The van der Waals surface area contributed by atoms with Crippen LogP contribution < -0.4 is 5.32 Å². The van der Waals surface area contributed by atoms with Crippen molar-refractivity contribution in [1.29, 1.82) is 0 Å². The van der Waals surface area contributed by atoms with Gasteiger partial charge in [0, 0.05) is 18.7 Å². The lowest BCUT2D eigenvalue weighted by Gasteiger charge is -2.09. The van der Waals surface area contributed by atoms with Crippen molar-refractivity contribution in [3.05, 3.63) is 29.3 Å². The molecule has 0 saturated carbocycles. The van der Waals surface area contributed by atoms with Crippen LogP contribution in [0.1, 0.15) is 28.8 Å². The molecule has 2 N–H and O–H groups in total. The summed E-state index contributed by atoms with van der Waals surface area (Å²) in [7, 11) is 0. The van der Waals surface area contributed by atoms with E-state index in [0.717, 1.165) is 30.6 Å². The Morgan fingerprint density at radius 2 is 2.31 bits per heavy atom. The van der Waals surface area contributed by atoms with Crippen LogP contribution in [0.15, 0.2) is 18.2 Å². The first-order chi connectivity index (χ1) is 7.65. The molecule has 0 aliphatic carbocycles.